The summed E-state index contributed by atoms with van der Waals surface area (Å²) in [6.07, 6.45) is 1.41. The fourth-order valence-electron chi connectivity index (χ4n) is 1.57. The van der Waals surface area contributed by atoms with Crippen LogP contribution in [0.4, 0.5) is 5.69 Å². The summed E-state index contributed by atoms with van der Waals surface area (Å²) in [7, 11) is 0. The van der Waals surface area contributed by atoms with Gasteiger partial charge in [-0.05, 0) is 13.0 Å². The highest BCUT2D eigenvalue weighted by Crippen LogP contribution is 2.25. The van der Waals surface area contributed by atoms with E-state index in [1.54, 1.807) is 19.1 Å². The van der Waals surface area contributed by atoms with Gasteiger partial charge < -0.3 is 4.98 Å². The van der Waals surface area contributed by atoms with Gasteiger partial charge in [0.25, 0.3) is 5.69 Å². The minimum absolute atomic E-state index is 0.0369. The van der Waals surface area contributed by atoms with E-state index in [2.05, 4.69) is 4.98 Å². The Hall–Kier alpha value is -2.17. The number of nitrogens with one attached hydrogen (secondary N) is 1. The van der Waals surface area contributed by atoms with Gasteiger partial charge in [-0.25, -0.2) is 0 Å². The second kappa shape index (κ2) is 3.20. The highest BCUT2D eigenvalue weighted by molar-refractivity contribution is 5.88. The van der Waals surface area contributed by atoms with Crippen molar-refractivity contribution in [2.75, 3.05) is 0 Å². The normalized spacial score (nSPS) is 10.5. The molecule has 2 rings (SSSR count). The van der Waals surface area contributed by atoms with E-state index in [4.69, 9.17) is 0 Å². The van der Waals surface area contributed by atoms with Crippen LogP contribution in [-0.4, -0.2) is 9.91 Å². The highest BCUT2D eigenvalue weighted by atomic mass is 16.6. The first kappa shape index (κ1) is 9.39. The lowest BCUT2D eigenvalue weighted by atomic mass is 10.1. The minimum Gasteiger partial charge on any atom is -0.355 e. The summed E-state index contributed by atoms with van der Waals surface area (Å²) in [5.41, 5.74) is 0.568. The maximum absolute atomic E-state index is 11.4. The third-order valence-electron chi connectivity index (χ3n) is 2.29. The number of nitro benzene ring substituents is 1. The molecule has 0 atom stereocenters. The van der Waals surface area contributed by atoms with Gasteiger partial charge in [0.1, 0.15) is 5.52 Å². The summed E-state index contributed by atoms with van der Waals surface area (Å²) in [4.78, 5) is 24.5. The fourth-order valence-corrected chi connectivity index (χ4v) is 1.57. The number of aromatic amines is 1. The van der Waals surface area contributed by atoms with Crippen LogP contribution in [0.3, 0.4) is 0 Å². The quantitative estimate of drug-likeness (QED) is 0.567. The van der Waals surface area contributed by atoms with E-state index in [1.165, 1.54) is 12.3 Å². The molecule has 0 fully saturated rings. The van der Waals surface area contributed by atoms with Crippen molar-refractivity contribution in [1.82, 2.24) is 4.98 Å². The third-order valence-corrected chi connectivity index (χ3v) is 2.29. The van der Waals surface area contributed by atoms with Crippen LogP contribution in [0.1, 0.15) is 5.56 Å². The molecule has 0 amide bonds. The number of fused-ring (bicyclic) bond motifs is 1. The van der Waals surface area contributed by atoms with Crippen molar-refractivity contribution in [2.24, 2.45) is 0 Å². The predicted molar refractivity (Wildman–Crippen MR) is 56.0 cm³/mol. The molecule has 0 bridgehead atoms. The van der Waals surface area contributed by atoms with Crippen molar-refractivity contribution in [2.45, 2.75) is 6.92 Å². The first-order valence-electron chi connectivity index (χ1n) is 4.36. The SMILES string of the molecule is Cc1ccc2c(=O)cc[nH]c2c1[N+](=O)[O-]. The van der Waals surface area contributed by atoms with Crippen LogP contribution in [0.15, 0.2) is 29.2 Å². The molecule has 0 aliphatic rings. The average Bonchev–Trinajstić information content (AvgIpc) is 2.17. The van der Waals surface area contributed by atoms with Crippen LogP contribution in [0, 0.1) is 17.0 Å². The number of nitro groups is 1. The molecular weight excluding hydrogens is 196 g/mol. The van der Waals surface area contributed by atoms with Crippen LogP contribution in [0.5, 0.6) is 0 Å². The molecule has 0 saturated carbocycles. The molecule has 1 aromatic carbocycles. The molecule has 0 unspecified atom stereocenters. The van der Waals surface area contributed by atoms with Gasteiger partial charge in [-0.3, -0.25) is 14.9 Å². The Morgan fingerprint density at radius 1 is 1.33 bits per heavy atom. The molecule has 5 heteroatoms. The van der Waals surface area contributed by atoms with Crippen molar-refractivity contribution in [3.63, 3.8) is 0 Å². The molecular formula is C10H8N2O3. The van der Waals surface area contributed by atoms with Crippen LogP contribution in [-0.2, 0) is 0 Å². The number of H-pyrrole nitrogens is 1. The van der Waals surface area contributed by atoms with Crippen molar-refractivity contribution >= 4 is 16.6 Å². The summed E-state index contributed by atoms with van der Waals surface area (Å²) >= 11 is 0. The lowest BCUT2D eigenvalue weighted by Gasteiger charge is -2.01. The van der Waals surface area contributed by atoms with Crippen LogP contribution >= 0.6 is 0 Å². The Labute approximate surface area is 84.5 Å². The highest BCUT2D eigenvalue weighted by Gasteiger charge is 2.16. The zero-order valence-corrected chi connectivity index (χ0v) is 7.98. The maximum atomic E-state index is 11.4. The minimum atomic E-state index is -0.479. The Bertz CT molecular complexity index is 601. The predicted octanol–water partition coefficient (Wildman–Crippen LogP) is 1.74. The zero-order chi connectivity index (χ0) is 11.0. The molecule has 0 aliphatic carbocycles. The summed E-state index contributed by atoms with van der Waals surface area (Å²) in [6, 6.07) is 4.52. The molecule has 1 heterocycles. The molecule has 5 nitrogen and oxygen atoms in total. The third kappa shape index (κ3) is 1.38. The number of hydrogen-bond donors (Lipinski definition) is 1. The van der Waals surface area contributed by atoms with Crippen LogP contribution < -0.4 is 5.43 Å². The number of pyridine rings is 1. The van der Waals surface area contributed by atoms with E-state index in [9.17, 15) is 14.9 Å². The number of aromatic nitrogens is 1. The van der Waals surface area contributed by atoms with E-state index in [0.29, 0.717) is 10.9 Å². The molecule has 0 saturated heterocycles. The van der Waals surface area contributed by atoms with Crippen molar-refractivity contribution in [3.8, 4) is 0 Å². The smallest absolute Gasteiger partial charge is 0.296 e. The van der Waals surface area contributed by atoms with Gasteiger partial charge in [0.15, 0.2) is 5.43 Å². The fraction of sp³-hybridized carbons (Fsp3) is 0.100. The van der Waals surface area contributed by atoms with Gasteiger partial charge in [-0.15, -0.1) is 0 Å². The number of benzene rings is 1. The van der Waals surface area contributed by atoms with E-state index < -0.39 is 4.92 Å². The van der Waals surface area contributed by atoms with Gasteiger partial charge >= 0.3 is 0 Å². The van der Waals surface area contributed by atoms with Crippen molar-refractivity contribution in [1.29, 1.82) is 0 Å². The first-order chi connectivity index (χ1) is 7.11. The molecule has 15 heavy (non-hydrogen) atoms. The molecule has 1 N–H and O–H groups in total. The monoisotopic (exact) mass is 204 g/mol. The largest absolute Gasteiger partial charge is 0.355 e. The van der Waals surface area contributed by atoms with Gasteiger partial charge in [-0.1, -0.05) is 6.07 Å². The summed E-state index contributed by atoms with van der Waals surface area (Å²) < 4.78 is 0. The molecule has 0 aliphatic heterocycles. The number of hydrogen-bond acceptors (Lipinski definition) is 3. The standard InChI is InChI=1S/C10H8N2O3/c1-6-2-3-7-8(13)4-5-11-9(7)10(6)12(14)15/h2-5H,1H3,(H,11,13). The van der Waals surface area contributed by atoms with Crippen molar-refractivity contribution in [3.05, 3.63) is 50.3 Å². The van der Waals surface area contributed by atoms with Gasteiger partial charge in [0.2, 0.25) is 0 Å². The molecule has 0 radical (unpaired) electrons. The average molecular weight is 204 g/mol. The molecule has 2 aromatic rings. The second-order valence-corrected chi connectivity index (χ2v) is 3.25. The maximum Gasteiger partial charge on any atom is 0.296 e. The van der Waals surface area contributed by atoms with Gasteiger partial charge in [0, 0.05) is 17.8 Å². The Kier molecular flexibility index (Phi) is 2.00. The second-order valence-electron chi connectivity index (χ2n) is 3.25. The van der Waals surface area contributed by atoms with Gasteiger partial charge in [-0.2, -0.15) is 0 Å². The Morgan fingerprint density at radius 3 is 2.73 bits per heavy atom. The number of nitrogens with zero attached hydrogens (tertiary/aromatic N) is 1. The lowest BCUT2D eigenvalue weighted by molar-refractivity contribution is -0.383. The summed E-state index contributed by atoms with van der Waals surface area (Å²) in [6.45, 7) is 1.64. The van der Waals surface area contributed by atoms with E-state index in [1.807, 2.05) is 0 Å². The lowest BCUT2D eigenvalue weighted by Crippen LogP contribution is -2.03. The molecule has 76 valence electrons. The first-order valence-corrected chi connectivity index (χ1v) is 4.36. The number of aryl methyl sites for hydroxylation is 1. The summed E-state index contributed by atoms with van der Waals surface area (Å²) in [5, 5.41) is 11.2. The van der Waals surface area contributed by atoms with Crippen LogP contribution in [0.2, 0.25) is 0 Å². The zero-order valence-electron chi connectivity index (χ0n) is 7.98. The van der Waals surface area contributed by atoms with E-state index >= 15 is 0 Å². The van der Waals surface area contributed by atoms with Gasteiger partial charge in [0.05, 0.1) is 10.3 Å². The number of rotatable bonds is 1. The van der Waals surface area contributed by atoms with E-state index in [-0.39, 0.29) is 16.6 Å². The molecule has 0 spiro atoms. The van der Waals surface area contributed by atoms with Crippen LogP contribution in [0.25, 0.3) is 10.9 Å². The topological polar surface area (TPSA) is 76.0 Å². The summed E-state index contributed by atoms with van der Waals surface area (Å²) in [5.74, 6) is 0. The molecule has 1 aromatic heterocycles. The van der Waals surface area contributed by atoms with E-state index in [0.717, 1.165) is 0 Å². The van der Waals surface area contributed by atoms with Crippen molar-refractivity contribution < 1.29 is 4.92 Å². The Morgan fingerprint density at radius 2 is 2.07 bits per heavy atom. The Balaban J connectivity index is 3.01.